The lowest BCUT2D eigenvalue weighted by atomic mass is 9.82. The zero-order chi connectivity index (χ0) is 15.7. The fourth-order valence-electron chi connectivity index (χ4n) is 2.74. The lowest BCUT2D eigenvalue weighted by molar-refractivity contribution is -0.114. The highest BCUT2D eigenvalue weighted by atomic mass is 16.1. The number of ketones is 1. The van der Waals surface area contributed by atoms with Crippen molar-refractivity contribution in [2.75, 3.05) is 5.32 Å². The minimum absolute atomic E-state index is 0.0567. The van der Waals surface area contributed by atoms with Crippen molar-refractivity contribution in [3.63, 3.8) is 0 Å². The first-order chi connectivity index (χ1) is 10.5. The van der Waals surface area contributed by atoms with E-state index in [1.807, 2.05) is 6.92 Å². The minimum Gasteiger partial charge on any atom is -0.295 e. The molecular weight excluding hydrogens is 278 g/mol. The van der Waals surface area contributed by atoms with Crippen molar-refractivity contribution in [3.05, 3.63) is 52.8 Å². The number of amides is 1. The first kappa shape index (κ1) is 14.4. The number of aryl methyl sites for hydroxylation is 1. The Morgan fingerprint density at radius 1 is 1.23 bits per heavy atom. The summed E-state index contributed by atoms with van der Waals surface area (Å²) in [7, 11) is 0. The van der Waals surface area contributed by atoms with Crippen LogP contribution < -0.4 is 5.32 Å². The van der Waals surface area contributed by atoms with Crippen molar-refractivity contribution in [1.82, 2.24) is 9.97 Å². The van der Waals surface area contributed by atoms with Gasteiger partial charge in [-0.2, -0.15) is 0 Å². The molecule has 0 saturated carbocycles. The Bertz CT molecular complexity index is 738. The van der Waals surface area contributed by atoms with Crippen molar-refractivity contribution in [2.24, 2.45) is 0 Å². The highest BCUT2D eigenvalue weighted by Gasteiger charge is 2.28. The fourth-order valence-corrected chi connectivity index (χ4v) is 2.74. The zero-order valence-corrected chi connectivity index (χ0v) is 12.6. The highest BCUT2D eigenvalue weighted by Crippen LogP contribution is 2.32. The van der Waals surface area contributed by atoms with Gasteiger partial charge < -0.3 is 0 Å². The topological polar surface area (TPSA) is 72.0 Å². The van der Waals surface area contributed by atoms with E-state index in [0.717, 1.165) is 5.56 Å². The SMILES string of the molecule is CC(=O)Nc1ncc2c(n1)CC(c1ccc(C)cc1)CC2=O. The van der Waals surface area contributed by atoms with E-state index in [0.29, 0.717) is 24.1 Å². The normalized spacial score (nSPS) is 17.0. The van der Waals surface area contributed by atoms with Crippen LogP contribution in [0.1, 0.15) is 46.4 Å². The number of nitrogens with one attached hydrogen (secondary N) is 1. The summed E-state index contributed by atoms with van der Waals surface area (Å²) in [6, 6.07) is 8.23. The van der Waals surface area contributed by atoms with Gasteiger partial charge in [0, 0.05) is 19.5 Å². The Hall–Kier alpha value is -2.56. The molecular formula is C17H17N3O2. The molecule has 1 heterocycles. The zero-order valence-electron chi connectivity index (χ0n) is 12.6. The number of benzene rings is 1. The van der Waals surface area contributed by atoms with Crippen molar-refractivity contribution >= 4 is 17.6 Å². The highest BCUT2D eigenvalue weighted by molar-refractivity contribution is 5.98. The lowest BCUT2D eigenvalue weighted by Crippen LogP contribution is -2.22. The minimum atomic E-state index is -0.225. The van der Waals surface area contributed by atoms with Crippen LogP contribution in [-0.2, 0) is 11.2 Å². The number of fused-ring (bicyclic) bond motifs is 1. The second kappa shape index (κ2) is 5.67. The smallest absolute Gasteiger partial charge is 0.229 e. The summed E-state index contributed by atoms with van der Waals surface area (Å²) in [5, 5.41) is 2.56. The molecule has 1 aromatic heterocycles. The summed E-state index contributed by atoms with van der Waals surface area (Å²) in [4.78, 5) is 31.8. The molecule has 0 bridgehead atoms. The third kappa shape index (κ3) is 2.88. The van der Waals surface area contributed by atoms with Crippen LogP contribution in [0.4, 0.5) is 5.95 Å². The molecule has 0 spiro atoms. The maximum absolute atomic E-state index is 12.3. The van der Waals surface area contributed by atoms with Gasteiger partial charge in [0.2, 0.25) is 11.9 Å². The van der Waals surface area contributed by atoms with Crippen LogP contribution in [0.5, 0.6) is 0 Å². The van der Waals surface area contributed by atoms with Gasteiger partial charge in [-0.05, 0) is 24.8 Å². The number of carbonyl (C=O) groups is 2. The van der Waals surface area contributed by atoms with Gasteiger partial charge in [-0.25, -0.2) is 9.97 Å². The largest absolute Gasteiger partial charge is 0.295 e. The van der Waals surface area contributed by atoms with Crippen LogP contribution in [0.3, 0.4) is 0 Å². The molecule has 1 aliphatic carbocycles. The maximum Gasteiger partial charge on any atom is 0.229 e. The molecule has 1 amide bonds. The van der Waals surface area contributed by atoms with Gasteiger partial charge in [0.15, 0.2) is 5.78 Å². The molecule has 5 nitrogen and oxygen atoms in total. The van der Waals surface area contributed by atoms with Gasteiger partial charge in [-0.15, -0.1) is 0 Å². The Balaban J connectivity index is 1.91. The molecule has 0 aliphatic heterocycles. The van der Waals surface area contributed by atoms with Crippen molar-refractivity contribution in [1.29, 1.82) is 0 Å². The van der Waals surface area contributed by atoms with Crippen molar-refractivity contribution in [3.8, 4) is 0 Å². The van der Waals surface area contributed by atoms with E-state index >= 15 is 0 Å². The second-order valence-electron chi connectivity index (χ2n) is 5.67. The van der Waals surface area contributed by atoms with Crippen molar-refractivity contribution in [2.45, 2.75) is 32.6 Å². The van der Waals surface area contributed by atoms with Gasteiger partial charge in [0.05, 0.1) is 11.3 Å². The van der Waals surface area contributed by atoms with Crippen molar-refractivity contribution < 1.29 is 9.59 Å². The summed E-state index contributed by atoms with van der Waals surface area (Å²) >= 11 is 0. The van der Waals surface area contributed by atoms with Crippen LogP contribution in [0, 0.1) is 6.92 Å². The van der Waals surface area contributed by atoms with Gasteiger partial charge in [0.1, 0.15) is 0 Å². The van der Waals surface area contributed by atoms with Crippen LogP contribution in [-0.4, -0.2) is 21.7 Å². The summed E-state index contributed by atoms with van der Waals surface area (Å²) in [5.41, 5.74) is 3.61. The molecule has 2 aromatic rings. The number of hydrogen-bond donors (Lipinski definition) is 1. The van der Waals surface area contributed by atoms with Gasteiger partial charge >= 0.3 is 0 Å². The summed E-state index contributed by atoms with van der Waals surface area (Å²) in [5.74, 6) is 0.211. The third-order valence-corrected chi connectivity index (χ3v) is 3.88. The van der Waals surface area contributed by atoms with Gasteiger partial charge in [-0.1, -0.05) is 29.8 Å². The molecule has 0 fully saturated rings. The molecule has 1 unspecified atom stereocenters. The molecule has 22 heavy (non-hydrogen) atoms. The molecule has 0 saturated heterocycles. The molecule has 3 rings (SSSR count). The average Bonchev–Trinajstić information content (AvgIpc) is 2.47. The Morgan fingerprint density at radius 2 is 1.95 bits per heavy atom. The van der Waals surface area contributed by atoms with E-state index in [4.69, 9.17) is 0 Å². The monoisotopic (exact) mass is 295 g/mol. The van der Waals surface area contributed by atoms with E-state index in [1.54, 1.807) is 0 Å². The molecule has 112 valence electrons. The van der Waals surface area contributed by atoms with Crippen LogP contribution in [0.2, 0.25) is 0 Å². The maximum atomic E-state index is 12.3. The molecule has 5 heteroatoms. The van der Waals surface area contributed by atoms with Crippen LogP contribution in [0.15, 0.2) is 30.5 Å². The standard InChI is InChI=1S/C17H17N3O2/c1-10-3-5-12(6-4-10)13-7-15-14(16(22)8-13)9-18-17(20-15)19-11(2)21/h3-6,9,13H,7-8H2,1-2H3,(H,18,19,20,21). The molecule has 0 radical (unpaired) electrons. The third-order valence-electron chi connectivity index (χ3n) is 3.88. The summed E-state index contributed by atoms with van der Waals surface area (Å²) < 4.78 is 0. The number of Topliss-reactive ketones (excluding diaryl/α,β-unsaturated/α-hetero) is 1. The fraction of sp³-hybridized carbons (Fsp3) is 0.294. The van der Waals surface area contributed by atoms with Crippen LogP contribution in [0.25, 0.3) is 0 Å². The van der Waals surface area contributed by atoms with E-state index in [-0.39, 0.29) is 23.6 Å². The Kier molecular flexibility index (Phi) is 3.71. The van der Waals surface area contributed by atoms with E-state index in [9.17, 15) is 9.59 Å². The number of rotatable bonds is 2. The first-order valence-corrected chi connectivity index (χ1v) is 7.26. The predicted molar refractivity (Wildman–Crippen MR) is 82.9 cm³/mol. The van der Waals surface area contributed by atoms with Gasteiger partial charge in [-0.3, -0.25) is 14.9 Å². The average molecular weight is 295 g/mol. The van der Waals surface area contributed by atoms with Crippen LogP contribution >= 0.6 is 0 Å². The van der Waals surface area contributed by atoms with E-state index < -0.39 is 0 Å². The Labute approximate surface area is 128 Å². The summed E-state index contributed by atoms with van der Waals surface area (Å²) in [6.07, 6.45) is 2.67. The number of anilines is 1. The van der Waals surface area contributed by atoms with E-state index in [2.05, 4.69) is 39.6 Å². The predicted octanol–water partition coefficient (Wildman–Crippen LogP) is 2.66. The second-order valence-corrected chi connectivity index (χ2v) is 5.67. The van der Waals surface area contributed by atoms with Gasteiger partial charge in [0.25, 0.3) is 0 Å². The number of aromatic nitrogens is 2. The first-order valence-electron chi connectivity index (χ1n) is 7.26. The lowest BCUT2D eigenvalue weighted by Gasteiger charge is -2.23. The number of hydrogen-bond acceptors (Lipinski definition) is 4. The summed E-state index contributed by atoms with van der Waals surface area (Å²) in [6.45, 7) is 3.45. The number of nitrogens with zero attached hydrogens (tertiary/aromatic N) is 2. The number of carbonyl (C=O) groups excluding carboxylic acids is 2. The Morgan fingerprint density at radius 3 is 2.64 bits per heavy atom. The molecule has 1 aliphatic rings. The van der Waals surface area contributed by atoms with E-state index in [1.165, 1.54) is 18.7 Å². The quantitative estimate of drug-likeness (QED) is 0.924. The molecule has 1 atom stereocenters. The molecule has 1 N–H and O–H groups in total. The molecule has 1 aromatic carbocycles.